The van der Waals surface area contributed by atoms with Crippen molar-refractivity contribution in [2.45, 2.75) is 32.1 Å². The Morgan fingerprint density at radius 2 is 1.73 bits per heavy atom. The first kappa shape index (κ1) is 22.8. The van der Waals surface area contributed by atoms with Crippen molar-refractivity contribution in [2.75, 3.05) is 18.4 Å². The predicted octanol–water partition coefficient (Wildman–Crippen LogP) is 4.17. The number of anilines is 1. The van der Waals surface area contributed by atoms with Gasteiger partial charge in [-0.25, -0.2) is 8.42 Å². The highest BCUT2D eigenvalue weighted by atomic mass is 32.2. The second-order valence-electron chi connectivity index (χ2n) is 8.66. The van der Waals surface area contributed by atoms with Gasteiger partial charge in [0.15, 0.2) is 0 Å². The van der Waals surface area contributed by atoms with Crippen LogP contribution in [0.2, 0.25) is 0 Å². The summed E-state index contributed by atoms with van der Waals surface area (Å²) in [6.45, 7) is 6.76. The number of furan rings is 1. The first-order chi connectivity index (χ1) is 15.7. The quantitative estimate of drug-likeness (QED) is 0.607. The summed E-state index contributed by atoms with van der Waals surface area (Å²) in [7, 11) is -3.60. The third kappa shape index (κ3) is 4.45. The second-order valence-corrected chi connectivity index (χ2v) is 10.6. The number of benzene rings is 1. The van der Waals surface area contributed by atoms with Crippen molar-refractivity contribution >= 4 is 21.6 Å². The second kappa shape index (κ2) is 8.89. The minimum atomic E-state index is -3.60. The van der Waals surface area contributed by atoms with Crippen molar-refractivity contribution in [3.8, 4) is 12.0 Å². The highest BCUT2D eigenvalue weighted by Gasteiger charge is 2.31. The van der Waals surface area contributed by atoms with Gasteiger partial charge in [0, 0.05) is 31.2 Å². The molecule has 1 amide bonds. The van der Waals surface area contributed by atoms with Crippen molar-refractivity contribution in [2.24, 2.45) is 11.8 Å². The van der Waals surface area contributed by atoms with E-state index in [1.165, 1.54) is 16.4 Å². The topological polar surface area (TPSA) is 108 Å². The number of sulfonamides is 1. The van der Waals surface area contributed by atoms with Gasteiger partial charge in [-0.05, 0) is 61.6 Å². The lowest BCUT2D eigenvalue weighted by Crippen LogP contribution is -2.42. The van der Waals surface area contributed by atoms with Gasteiger partial charge in [0.05, 0.1) is 4.90 Å². The third-order valence-corrected chi connectivity index (χ3v) is 7.67. The molecule has 3 aromatic rings. The van der Waals surface area contributed by atoms with Gasteiger partial charge in [-0.3, -0.25) is 9.36 Å². The molecule has 1 aliphatic heterocycles. The molecule has 2 unspecified atom stereocenters. The van der Waals surface area contributed by atoms with Crippen LogP contribution >= 0.6 is 0 Å². The molecule has 1 aromatic carbocycles. The van der Waals surface area contributed by atoms with E-state index in [1.54, 1.807) is 48.1 Å². The maximum atomic E-state index is 13.1. The number of piperidine rings is 1. The predicted molar refractivity (Wildman–Crippen MR) is 124 cm³/mol. The van der Waals surface area contributed by atoms with Gasteiger partial charge in [-0.1, -0.05) is 13.8 Å². The van der Waals surface area contributed by atoms with Gasteiger partial charge in [0.25, 0.3) is 5.91 Å². The molecule has 4 rings (SSSR count). The Kier molecular flexibility index (Phi) is 6.15. The van der Waals surface area contributed by atoms with Crippen molar-refractivity contribution in [3.63, 3.8) is 0 Å². The lowest BCUT2D eigenvalue weighted by molar-refractivity contribution is 0.102. The molecule has 0 bridgehead atoms. The number of carbonyl (C=O) groups is 1. The first-order valence-electron chi connectivity index (χ1n) is 10.8. The van der Waals surface area contributed by atoms with Gasteiger partial charge in [-0.15, -0.1) is 0 Å². The van der Waals surface area contributed by atoms with Crippen molar-refractivity contribution in [1.82, 2.24) is 8.87 Å². The van der Waals surface area contributed by atoms with E-state index in [4.69, 9.17) is 4.42 Å². The number of nitrogens with zero attached hydrogens (tertiary/aromatic N) is 3. The smallest absolute Gasteiger partial charge is 0.260 e. The molecule has 172 valence electrons. The fourth-order valence-corrected chi connectivity index (χ4v) is 6.09. The van der Waals surface area contributed by atoms with E-state index in [1.807, 2.05) is 0 Å². The Balaban J connectivity index is 1.55. The highest BCUT2D eigenvalue weighted by molar-refractivity contribution is 7.89. The van der Waals surface area contributed by atoms with Gasteiger partial charge >= 0.3 is 0 Å². The number of aromatic nitrogens is 1. The van der Waals surface area contributed by atoms with Crippen LogP contribution in [0.15, 0.2) is 58.1 Å². The summed E-state index contributed by atoms with van der Waals surface area (Å²) in [4.78, 5) is 13.1. The number of aryl methyl sites for hydroxylation is 1. The Bertz CT molecular complexity index is 1290. The molecule has 0 saturated carbocycles. The average Bonchev–Trinajstić information content (AvgIpc) is 3.40. The summed E-state index contributed by atoms with van der Waals surface area (Å²) in [5, 5.41) is 12.4. The molecular weight excluding hydrogens is 440 g/mol. The fourth-order valence-electron chi connectivity index (χ4n) is 4.41. The van der Waals surface area contributed by atoms with Crippen molar-refractivity contribution in [3.05, 3.63) is 65.7 Å². The van der Waals surface area contributed by atoms with E-state index in [0.717, 1.165) is 6.42 Å². The molecule has 1 aliphatic rings. The molecule has 2 aromatic heterocycles. The first-order valence-corrected chi connectivity index (χ1v) is 12.2. The average molecular weight is 467 g/mol. The summed E-state index contributed by atoms with van der Waals surface area (Å²) in [5.74, 6) is 0.717. The van der Waals surface area contributed by atoms with Crippen LogP contribution in [-0.2, 0) is 10.0 Å². The summed E-state index contributed by atoms with van der Waals surface area (Å²) >= 11 is 0. The lowest BCUT2D eigenvalue weighted by Gasteiger charge is -2.34. The third-order valence-electron chi connectivity index (χ3n) is 5.83. The molecule has 8 nitrogen and oxygen atoms in total. The summed E-state index contributed by atoms with van der Waals surface area (Å²) in [6, 6.07) is 11.7. The maximum absolute atomic E-state index is 13.1. The monoisotopic (exact) mass is 466 g/mol. The van der Waals surface area contributed by atoms with E-state index >= 15 is 0 Å². The van der Waals surface area contributed by atoms with Crippen LogP contribution in [0.1, 0.15) is 41.9 Å². The maximum Gasteiger partial charge on any atom is 0.260 e. The van der Waals surface area contributed by atoms with Crippen LogP contribution in [0.4, 0.5) is 5.69 Å². The zero-order valence-electron chi connectivity index (χ0n) is 18.8. The Hall–Kier alpha value is -3.35. The standard InChI is InChI=1S/C24H26N4O4S/c1-16-12-17(2)15-28(14-16)33(30,31)20-8-6-19(7-9-20)26-23(29)22-18(3)32-24(21(22)13-25)27-10-4-5-11-27/h4-11,16-17H,12,14-15H2,1-3H3,(H,26,29). The molecule has 9 heteroatoms. The van der Waals surface area contributed by atoms with E-state index < -0.39 is 15.9 Å². The molecule has 1 saturated heterocycles. The van der Waals surface area contributed by atoms with Crippen LogP contribution in [0.25, 0.3) is 5.88 Å². The highest BCUT2D eigenvalue weighted by Crippen LogP contribution is 2.29. The van der Waals surface area contributed by atoms with Crippen molar-refractivity contribution in [1.29, 1.82) is 5.26 Å². The van der Waals surface area contributed by atoms with Gasteiger partial charge in [0.2, 0.25) is 15.9 Å². The molecule has 0 spiro atoms. The normalized spacial score (nSPS) is 19.2. The summed E-state index contributed by atoms with van der Waals surface area (Å²) in [6.07, 6.45) is 4.47. The largest absolute Gasteiger partial charge is 0.443 e. The van der Waals surface area contributed by atoms with E-state index in [9.17, 15) is 18.5 Å². The zero-order valence-corrected chi connectivity index (χ0v) is 19.6. The van der Waals surface area contributed by atoms with Crippen LogP contribution in [0, 0.1) is 30.1 Å². The van der Waals surface area contributed by atoms with Gasteiger partial charge in [0.1, 0.15) is 23.0 Å². The minimum Gasteiger partial charge on any atom is -0.443 e. The van der Waals surface area contributed by atoms with E-state index in [-0.39, 0.29) is 21.9 Å². The number of carbonyl (C=O) groups excluding carboxylic acids is 1. The van der Waals surface area contributed by atoms with Gasteiger partial charge < -0.3 is 9.73 Å². The molecule has 0 radical (unpaired) electrons. The SMILES string of the molecule is Cc1oc(-n2cccc2)c(C#N)c1C(=O)Nc1ccc(S(=O)(=O)N2CC(C)CC(C)C2)cc1. The molecule has 1 fully saturated rings. The molecular formula is C24H26N4O4S. The summed E-state index contributed by atoms with van der Waals surface area (Å²) in [5.41, 5.74) is 0.703. The Labute approximate surface area is 193 Å². The minimum absolute atomic E-state index is 0.133. The van der Waals surface area contributed by atoms with Gasteiger partial charge in [-0.2, -0.15) is 9.57 Å². The van der Waals surface area contributed by atoms with Crippen LogP contribution in [0.3, 0.4) is 0 Å². The lowest BCUT2D eigenvalue weighted by atomic mass is 9.94. The number of nitriles is 1. The van der Waals surface area contributed by atoms with E-state index in [2.05, 4.69) is 25.2 Å². The van der Waals surface area contributed by atoms with Crippen LogP contribution in [-0.4, -0.2) is 36.3 Å². The van der Waals surface area contributed by atoms with E-state index in [0.29, 0.717) is 36.4 Å². The van der Waals surface area contributed by atoms with Crippen molar-refractivity contribution < 1.29 is 17.6 Å². The zero-order chi connectivity index (χ0) is 23.8. The fraction of sp³-hybridized carbons (Fsp3) is 0.333. The molecule has 1 N–H and O–H groups in total. The number of hydrogen-bond acceptors (Lipinski definition) is 5. The molecule has 33 heavy (non-hydrogen) atoms. The summed E-state index contributed by atoms with van der Waals surface area (Å²) < 4.78 is 35.0. The molecule has 2 atom stereocenters. The van der Waals surface area contributed by atoms with Crippen LogP contribution in [0.5, 0.6) is 0 Å². The van der Waals surface area contributed by atoms with Crippen LogP contribution < -0.4 is 5.32 Å². The Morgan fingerprint density at radius 1 is 1.12 bits per heavy atom. The number of nitrogens with one attached hydrogen (secondary N) is 1. The Morgan fingerprint density at radius 3 is 2.30 bits per heavy atom. The number of amides is 1. The number of hydrogen-bond donors (Lipinski definition) is 1. The molecule has 0 aliphatic carbocycles. The number of rotatable bonds is 5. The molecule has 3 heterocycles.